The lowest BCUT2D eigenvalue weighted by Crippen LogP contribution is -2.11. The van der Waals surface area contributed by atoms with E-state index >= 15 is 0 Å². The standard InChI is InChI=1S/C9H12F3N5S/c10-9(11,12)7-14-15-8-17(7)16-6(18-8)4-2-1-3-5-13/h1-5,13H2. The first-order valence-electron chi connectivity index (χ1n) is 5.51. The number of hydrogen-bond acceptors (Lipinski definition) is 5. The van der Waals surface area contributed by atoms with Crippen molar-refractivity contribution in [2.45, 2.75) is 31.9 Å². The molecule has 0 amide bonds. The third kappa shape index (κ3) is 2.78. The molecule has 0 saturated heterocycles. The molecule has 2 aromatic heterocycles. The zero-order chi connectivity index (χ0) is 13.2. The highest BCUT2D eigenvalue weighted by Crippen LogP contribution is 2.29. The number of hydrogen-bond donors (Lipinski definition) is 1. The van der Waals surface area contributed by atoms with E-state index in [1.807, 2.05) is 0 Å². The summed E-state index contributed by atoms with van der Waals surface area (Å²) in [5, 5.41) is 11.1. The number of unbranched alkanes of at least 4 members (excludes halogenated alkanes) is 2. The maximum atomic E-state index is 12.5. The normalized spacial score (nSPS) is 12.4. The number of aromatic nitrogens is 4. The summed E-state index contributed by atoms with van der Waals surface area (Å²) in [6.07, 6.45) is -1.15. The van der Waals surface area contributed by atoms with E-state index in [0.717, 1.165) is 35.1 Å². The van der Waals surface area contributed by atoms with Crippen molar-refractivity contribution in [3.05, 3.63) is 10.8 Å². The molecular weight excluding hydrogens is 267 g/mol. The van der Waals surface area contributed by atoms with Gasteiger partial charge in [0.05, 0.1) is 0 Å². The Hall–Kier alpha value is -1.22. The van der Waals surface area contributed by atoms with Crippen molar-refractivity contribution >= 4 is 16.3 Å². The summed E-state index contributed by atoms with van der Waals surface area (Å²) in [5.74, 6) is -1.07. The second kappa shape index (κ2) is 5.19. The number of fused-ring (bicyclic) bond motifs is 1. The summed E-state index contributed by atoms with van der Waals surface area (Å²) >= 11 is 1.14. The third-order valence-electron chi connectivity index (χ3n) is 2.38. The highest BCUT2D eigenvalue weighted by molar-refractivity contribution is 7.16. The van der Waals surface area contributed by atoms with Crippen molar-refractivity contribution in [2.75, 3.05) is 6.54 Å². The van der Waals surface area contributed by atoms with Crippen LogP contribution in [0.2, 0.25) is 0 Å². The van der Waals surface area contributed by atoms with Gasteiger partial charge in [-0.3, -0.25) is 0 Å². The molecule has 0 unspecified atom stereocenters. The van der Waals surface area contributed by atoms with Crippen molar-refractivity contribution in [3.8, 4) is 0 Å². The van der Waals surface area contributed by atoms with Crippen LogP contribution in [0.5, 0.6) is 0 Å². The largest absolute Gasteiger partial charge is 0.453 e. The van der Waals surface area contributed by atoms with Crippen LogP contribution in [0.3, 0.4) is 0 Å². The van der Waals surface area contributed by atoms with Gasteiger partial charge in [-0.05, 0) is 19.4 Å². The van der Waals surface area contributed by atoms with Crippen LogP contribution in [-0.2, 0) is 12.6 Å². The van der Waals surface area contributed by atoms with Gasteiger partial charge in [-0.25, -0.2) is 0 Å². The number of nitrogens with zero attached hydrogens (tertiary/aromatic N) is 4. The van der Waals surface area contributed by atoms with E-state index in [1.165, 1.54) is 0 Å². The predicted octanol–water partition coefficient (Wildman–Crippen LogP) is 1.88. The fourth-order valence-electron chi connectivity index (χ4n) is 1.53. The average molecular weight is 279 g/mol. The second-order valence-corrected chi connectivity index (χ2v) is 4.85. The van der Waals surface area contributed by atoms with Crippen LogP contribution in [0, 0.1) is 0 Å². The molecular formula is C9H12F3N5S. The van der Waals surface area contributed by atoms with Crippen LogP contribution in [0.25, 0.3) is 4.96 Å². The molecule has 0 radical (unpaired) electrons. The van der Waals surface area contributed by atoms with E-state index in [4.69, 9.17) is 5.73 Å². The van der Waals surface area contributed by atoms with Gasteiger partial charge in [-0.2, -0.15) is 22.8 Å². The number of aryl methyl sites for hydroxylation is 1. The summed E-state index contributed by atoms with van der Waals surface area (Å²) in [4.78, 5) is 0.177. The van der Waals surface area contributed by atoms with Crippen LogP contribution in [0.1, 0.15) is 30.1 Å². The van der Waals surface area contributed by atoms with Gasteiger partial charge in [-0.15, -0.1) is 10.2 Å². The molecule has 0 spiro atoms. The smallest absolute Gasteiger partial charge is 0.330 e. The molecule has 0 aliphatic rings. The number of rotatable bonds is 5. The maximum Gasteiger partial charge on any atom is 0.453 e. The Bertz CT molecular complexity index is 518. The van der Waals surface area contributed by atoms with E-state index in [2.05, 4.69) is 15.3 Å². The van der Waals surface area contributed by atoms with Gasteiger partial charge >= 0.3 is 6.18 Å². The Morgan fingerprint density at radius 1 is 1.17 bits per heavy atom. The van der Waals surface area contributed by atoms with E-state index in [9.17, 15) is 13.2 Å². The minimum atomic E-state index is -4.52. The second-order valence-electron chi connectivity index (χ2n) is 3.81. The molecule has 2 N–H and O–H groups in total. The lowest BCUT2D eigenvalue weighted by molar-refractivity contribution is -0.146. The van der Waals surface area contributed by atoms with Crippen molar-refractivity contribution in [1.29, 1.82) is 0 Å². The molecule has 2 rings (SSSR count). The molecule has 0 saturated carbocycles. The van der Waals surface area contributed by atoms with Gasteiger partial charge in [0.1, 0.15) is 5.01 Å². The van der Waals surface area contributed by atoms with Crippen molar-refractivity contribution < 1.29 is 13.2 Å². The molecule has 100 valence electrons. The van der Waals surface area contributed by atoms with Crippen LogP contribution in [0.15, 0.2) is 0 Å². The Kier molecular flexibility index (Phi) is 3.81. The first kappa shape index (κ1) is 13.2. The topological polar surface area (TPSA) is 69.1 Å². The number of nitrogens with two attached hydrogens (primary N) is 1. The molecule has 5 nitrogen and oxygen atoms in total. The molecule has 0 bridgehead atoms. The lowest BCUT2D eigenvalue weighted by atomic mass is 10.2. The van der Waals surface area contributed by atoms with E-state index in [0.29, 0.717) is 18.0 Å². The van der Waals surface area contributed by atoms with Gasteiger partial charge in [0, 0.05) is 6.42 Å². The molecule has 0 aliphatic carbocycles. The van der Waals surface area contributed by atoms with Gasteiger partial charge < -0.3 is 5.73 Å². The number of halogens is 3. The average Bonchev–Trinajstić information content (AvgIpc) is 2.81. The number of alkyl halides is 3. The van der Waals surface area contributed by atoms with Crippen LogP contribution in [-0.4, -0.2) is 26.4 Å². The van der Waals surface area contributed by atoms with Crippen molar-refractivity contribution in [3.63, 3.8) is 0 Å². The maximum absolute atomic E-state index is 12.5. The Labute approximate surface area is 105 Å². The molecule has 9 heteroatoms. The monoisotopic (exact) mass is 279 g/mol. The van der Waals surface area contributed by atoms with Gasteiger partial charge in [0.2, 0.25) is 4.96 Å². The van der Waals surface area contributed by atoms with E-state index < -0.39 is 12.0 Å². The van der Waals surface area contributed by atoms with Gasteiger partial charge in [0.15, 0.2) is 0 Å². The summed E-state index contributed by atoms with van der Waals surface area (Å²) in [5.41, 5.74) is 5.36. The fraction of sp³-hybridized carbons (Fsp3) is 0.667. The Morgan fingerprint density at radius 3 is 2.61 bits per heavy atom. The van der Waals surface area contributed by atoms with Gasteiger partial charge in [-0.1, -0.05) is 17.8 Å². The highest BCUT2D eigenvalue weighted by atomic mass is 32.1. The molecule has 2 aromatic rings. The molecule has 0 aromatic carbocycles. The summed E-state index contributed by atoms with van der Waals surface area (Å²) < 4.78 is 38.4. The minimum absolute atomic E-state index is 0.177. The summed E-state index contributed by atoms with van der Waals surface area (Å²) in [6, 6.07) is 0. The van der Waals surface area contributed by atoms with E-state index in [-0.39, 0.29) is 4.96 Å². The predicted molar refractivity (Wildman–Crippen MR) is 60.3 cm³/mol. The third-order valence-corrected chi connectivity index (χ3v) is 3.34. The van der Waals surface area contributed by atoms with Crippen molar-refractivity contribution in [2.24, 2.45) is 5.73 Å². The minimum Gasteiger partial charge on any atom is -0.330 e. The molecule has 0 fully saturated rings. The summed E-state index contributed by atoms with van der Waals surface area (Å²) in [6.45, 7) is 0.628. The SMILES string of the molecule is NCCCCCc1nn2c(C(F)(F)F)nnc2s1. The molecule has 2 heterocycles. The summed E-state index contributed by atoms with van der Waals surface area (Å²) in [7, 11) is 0. The molecule has 18 heavy (non-hydrogen) atoms. The van der Waals surface area contributed by atoms with Crippen molar-refractivity contribution in [1.82, 2.24) is 19.8 Å². The van der Waals surface area contributed by atoms with E-state index in [1.54, 1.807) is 0 Å². The van der Waals surface area contributed by atoms with Crippen LogP contribution >= 0.6 is 11.3 Å². The quantitative estimate of drug-likeness (QED) is 0.848. The first-order chi connectivity index (χ1) is 8.52. The first-order valence-corrected chi connectivity index (χ1v) is 6.32. The van der Waals surface area contributed by atoms with Crippen LogP contribution < -0.4 is 5.73 Å². The zero-order valence-electron chi connectivity index (χ0n) is 9.44. The Morgan fingerprint density at radius 2 is 1.94 bits per heavy atom. The highest BCUT2D eigenvalue weighted by Gasteiger charge is 2.38. The molecule has 0 aliphatic heterocycles. The zero-order valence-corrected chi connectivity index (χ0v) is 10.3. The lowest BCUT2D eigenvalue weighted by Gasteiger charge is -2.00. The Balaban J connectivity index is 2.11. The molecule has 0 atom stereocenters. The fourth-order valence-corrected chi connectivity index (χ4v) is 2.41. The van der Waals surface area contributed by atoms with Crippen LogP contribution in [0.4, 0.5) is 13.2 Å². The van der Waals surface area contributed by atoms with Gasteiger partial charge in [0.25, 0.3) is 5.82 Å².